The topological polar surface area (TPSA) is 254 Å². The molecule has 0 aliphatic heterocycles. The van der Waals surface area contributed by atoms with Crippen LogP contribution in [0.5, 0.6) is 17.2 Å². The second kappa shape index (κ2) is 22.6. The summed E-state index contributed by atoms with van der Waals surface area (Å²) in [5, 5.41) is 21.3. The number of aliphatic hydroxyl groups is 2. The van der Waals surface area contributed by atoms with Crippen molar-refractivity contribution in [3.63, 3.8) is 0 Å². The van der Waals surface area contributed by atoms with Gasteiger partial charge in [0.05, 0.1) is 44.5 Å². The number of allylic oxidation sites excluding steroid dienone is 2. The Morgan fingerprint density at radius 1 is 0.645 bits per heavy atom. The Morgan fingerprint density at radius 2 is 1.15 bits per heavy atom. The lowest BCUT2D eigenvalue weighted by molar-refractivity contribution is -0.200. The Hall–Kier alpha value is -7.00. The molecule has 0 saturated carbocycles. The fourth-order valence-electron chi connectivity index (χ4n) is 5.49. The van der Waals surface area contributed by atoms with Gasteiger partial charge in [0.2, 0.25) is 0 Å². The SMILES string of the molecule is COC(=O)Oc1ccccc1C(=O)OCC(COC(=O)C1=CC=CCC1(C)OC(=O)OC)(COC(=O)c1ccccc1OC(O)OC)COC(O)c1ccccc1OC(=O)OC. The van der Waals surface area contributed by atoms with E-state index in [1.165, 1.54) is 91.9 Å². The molecule has 0 spiro atoms. The number of rotatable bonds is 19. The maximum atomic E-state index is 13.9. The lowest BCUT2D eigenvalue weighted by Crippen LogP contribution is -2.45. The van der Waals surface area contributed by atoms with E-state index in [0.717, 1.165) is 28.4 Å². The number of carbonyl (C=O) groups is 6. The molecule has 0 aromatic heterocycles. The van der Waals surface area contributed by atoms with Crippen LogP contribution >= 0.6 is 0 Å². The van der Waals surface area contributed by atoms with Gasteiger partial charge in [-0.2, -0.15) is 0 Å². The van der Waals surface area contributed by atoms with E-state index >= 15 is 0 Å². The lowest BCUT2D eigenvalue weighted by atomic mass is 9.87. The summed E-state index contributed by atoms with van der Waals surface area (Å²) in [4.78, 5) is 77.5. The second-order valence-corrected chi connectivity index (χ2v) is 13.2. The average Bonchev–Trinajstić information content (AvgIpc) is 3.28. The Balaban J connectivity index is 1.76. The maximum absolute atomic E-state index is 13.9. The number of aliphatic hydroxyl groups excluding tert-OH is 2. The van der Waals surface area contributed by atoms with Crippen molar-refractivity contribution < 1.29 is 95.8 Å². The minimum Gasteiger partial charge on any atom is -0.461 e. The molecule has 0 saturated heterocycles. The smallest absolute Gasteiger partial charge is 0.461 e. The van der Waals surface area contributed by atoms with E-state index in [2.05, 4.69) is 14.2 Å². The van der Waals surface area contributed by atoms with Crippen LogP contribution in [0.15, 0.2) is 96.6 Å². The van der Waals surface area contributed by atoms with Crippen molar-refractivity contribution in [1.29, 1.82) is 0 Å². The summed E-state index contributed by atoms with van der Waals surface area (Å²) >= 11 is 0. The second-order valence-electron chi connectivity index (χ2n) is 13.2. The van der Waals surface area contributed by atoms with Gasteiger partial charge in [-0.1, -0.05) is 54.6 Å². The number of esters is 3. The molecule has 4 unspecified atom stereocenters. The molecule has 0 amide bonds. The van der Waals surface area contributed by atoms with Gasteiger partial charge >= 0.3 is 42.9 Å². The molecule has 1 aliphatic carbocycles. The number of para-hydroxylation sites is 3. The van der Waals surface area contributed by atoms with Gasteiger partial charge in [-0.05, 0) is 43.3 Å². The summed E-state index contributed by atoms with van der Waals surface area (Å²) in [6.45, 7) is -3.47. The highest BCUT2D eigenvalue weighted by molar-refractivity contribution is 5.94. The van der Waals surface area contributed by atoms with Gasteiger partial charge in [-0.25, -0.2) is 28.8 Å². The minimum absolute atomic E-state index is 0.0397. The number of methoxy groups -OCH3 is 4. The summed E-state index contributed by atoms with van der Waals surface area (Å²) in [6, 6.07) is 16.8. The zero-order chi connectivity index (χ0) is 45.3. The summed E-state index contributed by atoms with van der Waals surface area (Å²) in [5.41, 5.74) is -4.19. The van der Waals surface area contributed by atoms with Crippen LogP contribution in [0.2, 0.25) is 0 Å². The first-order valence-corrected chi connectivity index (χ1v) is 18.3. The number of carbonyl (C=O) groups excluding carboxylic acids is 6. The number of hydrogen-bond acceptors (Lipinski definition) is 20. The molecule has 0 heterocycles. The van der Waals surface area contributed by atoms with Crippen molar-refractivity contribution in [2.75, 3.05) is 54.9 Å². The Bertz CT molecular complexity index is 2130. The molecule has 4 atom stereocenters. The van der Waals surface area contributed by atoms with Crippen molar-refractivity contribution in [2.45, 2.75) is 31.7 Å². The molecule has 3 aromatic rings. The molecule has 3 aromatic carbocycles. The fourth-order valence-corrected chi connectivity index (χ4v) is 5.49. The quantitative estimate of drug-likeness (QED) is 0.0699. The Morgan fingerprint density at radius 3 is 1.73 bits per heavy atom. The molecule has 1 aliphatic rings. The highest BCUT2D eigenvalue weighted by atomic mass is 16.8. The first kappa shape index (κ1) is 47.7. The van der Waals surface area contributed by atoms with Gasteiger partial charge in [0.25, 0.3) is 0 Å². The van der Waals surface area contributed by atoms with Gasteiger partial charge in [0, 0.05) is 13.5 Å². The summed E-state index contributed by atoms with van der Waals surface area (Å²) < 4.78 is 62.5. The highest BCUT2D eigenvalue weighted by Crippen LogP contribution is 2.34. The van der Waals surface area contributed by atoms with Crippen LogP contribution in [0.25, 0.3) is 0 Å². The monoisotopic (exact) mass is 868 g/mol. The third kappa shape index (κ3) is 13.0. The van der Waals surface area contributed by atoms with Crippen molar-refractivity contribution in [3.05, 3.63) is 113 Å². The molecule has 0 fully saturated rings. The normalized spacial score (nSPS) is 16.1. The largest absolute Gasteiger partial charge is 0.513 e. The van der Waals surface area contributed by atoms with Crippen molar-refractivity contribution in [1.82, 2.24) is 0 Å². The molecule has 0 radical (unpaired) electrons. The Labute approximate surface area is 354 Å². The third-order valence-corrected chi connectivity index (χ3v) is 8.80. The first-order valence-electron chi connectivity index (χ1n) is 18.3. The number of ether oxygens (including phenoxy) is 12. The van der Waals surface area contributed by atoms with Crippen LogP contribution < -0.4 is 14.2 Å². The predicted octanol–water partition coefficient (Wildman–Crippen LogP) is 4.96. The van der Waals surface area contributed by atoms with Crippen molar-refractivity contribution in [3.8, 4) is 17.2 Å². The van der Waals surface area contributed by atoms with E-state index < -0.39 is 86.6 Å². The van der Waals surface area contributed by atoms with Gasteiger partial charge in [-0.15, -0.1) is 0 Å². The molecule has 20 nitrogen and oxygen atoms in total. The average molecular weight is 869 g/mol. The highest BCUT2D eigenvalue weighted by Gasteiger charge is 2.42. The van der Waals surface area contributed by atoms with Crippen molar-refractivity contribution >= 4 is 36.4 Å². The summed E-state index contributed by atoms with van der Waals surface area (Å²) in [7, 11) is 4.37. The van der Waals surface area contributed by atoms with Crippen LogP contribution in [0.3, 0.4) is 0 Å². The standard InChI is InChI=1S/C42H44O20/c1-41(62-40(50)54-5)21-13-12-17-29(41)36(46)58-25-42(22-55-33(43)26-14-6-9-18-30(26)59-37(47)51-2,23-56-34(44)27-15-7-10-19-31(27)60-38(48)52-3)24-57-35(45)28-16-8-11-20-32(28)61-39(49)53-4/h6-20,33,38,43,48H,21-25H2,1-5H3. The molecule has 20 heteroatoms. The molecule has 2 N–H and O–H groups in total. The van der Waals surface area contributed by atoms with Crippen LogP contribution in [-0.4, -0.2) is 114 Å². The predicted molar refractivity (Wildman–Crippen MR) is 208 cm³/mol. The van der Waals surface area contributed by atoms with Crippen LogP contribution in [-0.2, 0) is 47.4 Å². The summed E-state index contributed by atoms with van der Waals surface area (Å²) in [6.07, 6.45) is -0.706. The van der Waals surface area contributed by atoms with E-state index in [-0.39, 0.29) is 45.9 Å². The maximum Gasteiger partial charge on any atom is 0.513 e. The van der Waals surface area contributed by atoms with Crippen molar-refractivity contribution in [2.24, 2.45) is 5.41 Å². The minimum atomic E-state index is -1.94. The molecule has 62 heavy (non-hydrogen) atoms. The van der Waals surface area contributed by atoms with Gasteiger partial charge in [0.15, 0.2) is 6.29 Å². The van der Waals surface area contributed by atoms with Crippen LogP contribution in [0, 0.1) is 5.41 Å². The number of hydrogen-bond donors (Lipinski definition) is 2. The molecule has 4 rings (SSSR count). The van der Waals surface area contributed by atoms with Crippen LogP contribution in [0.1, 0.15) is 45.9 Å². The van der Waals surface area contributed by atoms with E-state index in [1.807, 2.05) is 0 Å². The van der Waals surface area contributed by atoms with Gasteiger partial charge < -0.3 is 67.1 Å². The molecular formula is C42H44O20. The van der Waals surface area contributed by atoms with Gasteiger partial charge in [0.1, 0.15) is 53.8 Å². The lowest BCUT2D eigenvalue weighted by Gasteiger charge is -2.34. The van der Waals surface area contributed by atoms with Crippen LogP contribution in [0.4, 0.5) is 14.4 Å². The molecule has 0 bridgehead atoms. The molecule has 332 valence electrons. The summed E-state index contributed by atoms with van der Waals surface area (Å²) in [5.74, 6) is -3.76. The third-order valence-electron chi connectivity index (χ3n) is 8.80. The van der Waals surface area contributed by atoms with Gasteiger partial charge in [-0.3, -0.25) is 0 Å². The van der Waals surface area contributed by atoms with E-state index in [1.54, 1.807) is 6.08 Å². The zero-order valence-electron chi connectivity index (χ0n) is 34.1. The zero-order valence-corrected chi connectivity index (χ0v) is 34.1. The Kier molecular flexibility index (Phi) is 17.3. The molecular weight excluding hydrogens is 824 g/mol. The number of benzene rings is 3. The fraction of sp³-hybridized carbons (Fsp3) is 0.333. The van der Waals surface area contributed by atoms with E-state index in [4.69, 9.17) is 42.6 Å². The first-order chi connectivity index (χ1) is 29.7. The van der Waals surface area contributed by atoms with E-state index in [0.29, 0.717) is 0 Å². The van der Waals surface area contributed by atoms with E-state index in [9.17, 15) is 39.0 Å².